The van der Waals surface area contributed by atoms with Crippen molar-refractivity contribution in [2.45, 2.75) is 6.36 Å². The van der Waals surface area contributed by atoms with Crippen LogP contribution in [0.3, 0.4) is 0 Å². The number of nitrogens with two attached hydrogens (primary N) is 1. The van der Waals surface area contributed by atoms with Crippen molar-refractivity contribution in [1.82, 2.24) is 4.98 Å². The van der Waals surface area contributed by atoms with Gasteiger partial charge in [0.15, 0.2) is 17.5 Å². The molecule has 1 aromatic heterocycles. The molecule has 2 N–H and O–H groups in total. The van der Waals surface area contributed by atoms with E-state index in [1.165, 1.54) is 6.07 Å². The van der Waals surface area contributed by atoms with Crippen molar-refractivity contribution >= 4 is 11.5 Å². The number of hydrogen-bond donors (Lipinski definition) is 1. The maximum Gasteiger partial charge on any atom is 0.573 e. The monoisotopic (exact) mass is 248 g/mol. The van der Waals surface area contributed by atoms with Crippen LogP contribution in [0.5, 0.6) is 5.75 Å². The number of pyridine rings is 1. The maximum atomic E-state index is 12.0. The summed E-state index contributed by atoms with van der Waals surface area (Å²) in [7, 11) is 0. The molecule has 1 aromatic rings. The average molecular weight is 248 g/mol. The predicted molar refractivity (Wildman–Crippen MR) is 46.7 cm³/mol. The number of hydrogen-bond acceptors (Lipinski definition) is 6. The van der Waals surface area contributed by atoms with Crippen LogP contribution in [0, 0.1) is 21.4 Å². The number of nitro groups is 1. The topological polar surface area (TPSA) is 115 Å². The lowest BCUT2D eigenvalue weighted by molar-refractivity contribution is -0.390. The van der Waals surface area contributed by atoms with Crippen molar-refractivity contribution in [3.63, 3.8) is 0 Å². The van der Waals surface area contributed by atoms with Gasteiger partial charge in [0.2, 0.25) is 0 Å². The third kappa shape index (κ3) is 2.71. The summed E-state index contributed by atoms with van der Waals surface area (Å²) in [6.45, 7) is 0. The quantitative estimate of drug-likeness (QED) is 0.623. The van der Waals surface area contributed by atoms with Crippen LogP contribution in [0.2, 0.25) is 0 Å². The lowest BCUT2D eigenvalue weighted by Gasteiger charge is -2.11. The Morgan fingerprint density at radius 2 is 2.18 bits per heavy atom. The van der Waals surface area contributed by atoms with Gasteiger partial charge in [-0.2, -0.15) is 5.26 Å². The smallest absolute Gasteiger partial charge is 0.402 e. The van der Waals surface area contributed by atoms with Gasteiger partial charge in [-0.05, 0) is 9.91 Å². The molecule has 0 aliphatic heterocycles. The summed E-state index contributed by atoms with van der Waals surface area (Å²) in [5.41, 5.74) is 3.51. The first-order valence-electron chi connectivity index (χ1n) is 3.85. The molecule has 0 atom stereocenters. The van der Waals surface area contributed by atoms with Crippen molar-refractivity contribution in [2.24, 2.45) is 0 Å². The second-order valence-corrected chi connectivity index (χ2v) is 2.66. The molecular formula is C7H3F3N4O3. The fourth-order valence-corrected chi connectivity index (χ4v) is 0.965. The van der Waals surface area contributed by atoms with E-state index in [1.807, 2.05) is 0 Å². The predicted octanol–water partition coefficient (Wildman–Crippen LogP) is 1.34. The van der Waals surface area contributed by atoms with Crippen LogP contribution in [0.25, 0.3) is 0 Å². The summed E-state index contributed by atoms with van der Waals surface area (Å²) in [5.74, 6) is -2.18. The van der Waals surface area contributed by atoms with E-state index in [1.54, 1.807) is 0 Å². The van der Waals surface area contributed by atoms with Crippen LogP contribution in [0.1, 0.15) is 5.56 Å². The molecule has 0 radical (unpaired) electrons. The summed E-state index contributed by atoms with van der Waals surface area (Å²) in [6.07, 6.45) is -4.50. The lowest BCUT2D eigenvalue weighted by atomic mass is 10.2. The minimum Gasteiger partial charge on any atom is -0.402 e. The highest BCUT2D eigenvalue weighted by Gasteiger charge is 2.36. The van der Waals surface area contributed by atoms with Gasteiger partial charge in [0.05, 0.1) is 0 Å². The van der Waals surface area contributed by atoms with Crippen LogP contribution in [0.4, 0.5) is 24.7 Å². The largest absolute Gasteiger partial charge is 0.573 e. The molecule has 0 unspecified atom stereocenters. The Bertz CT molecular complexity index is 508. The third-order valence-electron chi connectivity index (χ3n) is 1.54. The minimum absolute atomic E-state index is 0.611. The van der Waals surface area contributed by atoms with Gasteiger partial charge in [0.1, 0.15) is 11.8 Å². The van der Waals surface area contributed by atoms with Crippen LogP contribution in [-0.2, 0) is 0 Å². The molecule has 0 bridgehead atoms. The number of ether oxygens (including phenoxy) is 1. The Balaban J connectivity index is 3.42. The highest BCUT2D eigenvalue weighted by Crippen LogP contribution is 2.35. The van der Waals surface area contributed by atoms with Gasteiger partial charge in [-0.25, -0.2) is 0 Å². The first-order chi connectivity index (χ1) is 7.76. The molecule has 17 heavy (non-hydrogen) atoms. The fraction of sp³-hybridized carbons (Fsp3) is 0.143. The number of aromatic nitrogens is 1. The molecule has 0 fully saturated rings. The van der Waals surface area contributed by atoms with E-state index < -0.39 is 34.1 Å². The van der Waals surface area contributed by atoms with E-state index in [4.69, 9.17) is 11.0 Å². The molecule has 0 aliphatic carbocycles. The number of nitrogen functional groups attached to an aromatic ring is 1. The number of rotatable bonds is 2. The van der Waals surface area contributed by atoms with Gasteiger partial charge in [-0.1, -0.05) is 0 Å². The Morgan fingerprint density at radius 3 is 2.59 bits per heavy atom. The zero-order valence-electron chi connectivity index (χ0n) is 7.85. The molecular weight excluding hydrogens is 245 g/mol. The maximum absolute atomic E-state index is 12.0. The van der Waals surface area contributed by atoms with Gasteiger partial charge in [-0.15, -0.1) is 13.2 Å². The highest BCUT2D eigenvalue weighted by atomic mass is 19.4. The standard InChI is InChI=1S/C7H3F3N4O3/c8-7(9,10)17-5-3(1-11)6(14(15)16)13-2-4(5)12/h2H,12H2. The SMILES string of the molecule is N#Cc1c([N+](=O)[O-])ncc(N)c1OC(F)(F)F. The first-order valence-corrected chi connectivity index (χ1v) is 3.85. The van der Waals surface area contributed by atoms with E-state index >= 15 is 0 Å². The zero-order chi connectivity index (χ0) is 13.2. The summed E-state index contributed by atoms with van der Waals surface area (Å²) in [4.78, 5) is 12.5. The second-order valence-electron chi connectivity index (χ2n) is 2.66. The molecule has 90 valence electrons. The molecule has 1 rings (SSSR count). The average Bonchev–Trinajstić information content (AvgIpc) is 2.18. The number of alkyl halides is 3. The Hall–Kier alpha value is -2.57. The van der Waals surface area contributed by atoms with Crippen LogP contribution in [0.15, 0.2) is 6.20 Å². The minimum atomic E-state index is -5.12. The molecule has 0 saturated carbocycles. The lowest BCUT2D eigenvalue weighted by Crippen LogP contribution is -2.19. The van der Waals surface area contributed by atoms with Crippen molar-refractivity contribution in [2.75, 3.05) is 5.73 Å². The van der Waals surface area contributed by atoms with Crippen LogP contribution < -0.4 is 10.5 Å². The molecule has 0 spiro atoms. The summed E-state index contributed by atoms with van der Waals surface area (Å²) >= 11 is 0. The molecule has 0 saturated heterocycles. The molecule has 10 heteroatoms. The van der Waals surface area contributed by atoms with Crippen LogP contribution >= 0.6 is 0 Å². The second kappa shape index (κ2) is 4.12. The zero-order valence-corrected chi connectivity index (χ0v) is 7.85. The molecule has 1 heterocycles. The first kappa shape index (κ1) is 12.5. The van der Waals surface area contributed by atoms with E-state index in [2.05, 4.69) is 9.72 Å². The van der Waals surface area contributed by atoms with E-state index in [-0.39, 0.29) is 0 Å². The summed E-state index contributed by atoms with van der Waals surface area (Å²) in [5, 5.41) is 19.0. The highest BCUT2D eigenvalue weighted by molar-refractivity contribution is 5.65. The van der Waals surface area contributed by atoms with Gasteiger partial charge in [0.25, 0.3) is 0 Å². The summed E-state index contributed by atoms with van der Waals surface area (Å²) < 4.78 is 39.4. The van der Waals surface area contributed by atoms with Gasteiger partial charge >= 0.3 is 12.2 Å². The van der Waals surface area contributed by atoms with Crippen LogP contribution in [-0.4, -0.2) is 16.3 Å². The Labute approximate surface area is 91.4 Å². The van der Waals surface area contributed by atoms with Gasteiger partial charge in [-0.3, -0.25) is 0 Å². The van der Waals surface area contributed by atoms with E-state index in [9.17, 15) is 23.3 Å². The fourth-order valence-electron chi connectivity index (χ4n) is 0.965. The van der Waals surface area contributed by atoms with Crippen molar-refractivity contribution < 1.29 is 22.8 Å². The molecule has 0 amide bonds. The van der Waals surface area contributed by atoms with E-state index in [0.29, 0.717) is 6.20 Å². The van der Waals surface area contributed by atoms with E-state index in [0.717, 1.165) is 0 Å². The number of nitriles is 1. The Kier molecular flexibility index (Phi) is 3.03. The third-order valence-corrected chi connectivity index (χ3v) is 1.54. The Morgan fingerprint density at radius 1 is 1.59 bits per heavy atom. The van der Waals surface area contributed by atoms with Crippen molar-refractivity contribution in [3.05, 3.63) is 21.9 Å². The molecule has 0 aromatic carbocycles. The number of halogens is 3. The molecule has 7 nitrogen and oxygen atoms in total. The normalized spacial score (nSPS) is 10.7. The summed E-state index contributed by atoms with van der Waals surface area (Å²) in [6, 6.07) is 1.20. The van der Waals surface area contributed by atoms with Gasteiger partial charge < -0.3 is 20.6 Å². The van der Waals surface area contributed by atoms with Crippen molar-refractivity contribution in [3.8, 4) is 11.8 Å². The molecule has 0 aliphatic rings. The number of nitrogens with zero attached hydrogens (tertiary/aromatic N) is 3. The van der Waals surface area contributed by atoms with Crippen molar-refractivity contribution in [1.29, 1.82) is 5.26 Å². The van der Waals surface area contributed by atoms with Gasteiger partial charge in [0, 0.05) is 0 Å². The number of anilines is 1.